The number of hydrogen-bond acceptors (Lipinski definition) is 5. The third-order valence-corrected chi connectivity index (χ3v) is 5.06. The van der Waals surface area contributed by atoms with E-state index in [1.54, 1.807) is 6.07 Å². The van der Waals surface area contributed by atoms with Gasteiger partial charge in [-0.2, -0.15) is 4.31 Å². The number of morpholine rings is 1. The van der Waals surface area contributed by atoms with E-state index in [2.05, 4.69) is 0 Å². The van der Waals surface area contributed by atoms with Crippen molar-refractivity contribution in [2.45, 2.75) is 31.0 Å². The molecule has 0 amide bonds. The number of nitrogen functional groups attached to an aromatic ring is 1. The van der Waals surface area contributed by atoms with Crippen LogP contribution in [-0.4, -0.2) is 45.1 Å². The van der Waals surface area contributed by atoms with E-state index in [9.17, 15) is 8.42 Å². The molecule has 0 aromatic heterocycles. The largest absolute Gasteiger partial charge is 0.495 e. The quantitative estimate of drug-likeness (QED) is 0.845. The lowest BCUT2D eigenvalue weighted by atomic mass is 10.3. The van der Waals surface area contributed by atoms with E-state index in [0.717, 1.165) is 0 Å². The first-order chi connectivity index (χ1) is 9.34. The number of nitrogens with zero attached hydrogens (tertiary/aromatic N) is 1. The molecule has 0 spiro atoms. The van der Waals surface area contributed by atoms with E-state index in [4.69, 9.17) is 15.2 Å². The lowest BCUT2D eigenvalue weighted by Crippen LogP contribution is -2.48. The standard InChI is InChI=1S/C13H20N2O4S/c1-9-7-15(8-10(2)19-9)20(16,17)11-4-5-12(14)13(6-11)18-3/h4-6,9-10H,7-8,14H2,1-3H3. The van der Waals surface area contributed by atoms with Gasteiger partial charge in [-0.3, -0.25) is 0 Å². The minimum absolute atomic E-state index is 0.121. The molecule has 2 atom stereocenters. The van der Waals surface area contributed by atoms with Gasteiger partial charge in [0, 0.05) is 19.2 Å². The number of nitrogens with two attached hydrogens (primary N) is 1. The normalized spacial score (nSPS) is 24.6. The summed E-state index contributed by atoms with van der Waals surface area (Å²) < 4.78 is 37.3. The Bertz CT molecular complexity index is 578. The van der Waals surface area contributed by atoms with Crippen molar-refractivity contribution in [2.24, 2.45) is 0 Å². The van der Waals surface area contributed by atoms with Crippen molar-refractivity contribution in [1.82, 2.24) is 4.31 Å². The third-order valence-electron chi connectivity index (χ3n) is 3.23. The summed E-state index contributed by atoms with van der Waals surface area (Å²) in [6.07, 6.45) is -0.242. The fourth-order valence-corrected chi connectivity index (χ4v) is 3.93. The van der Waals surface area contributed by atoms with Crippen LogP contribution in [-0.2, 0) is 14.8 Å². The van der Waals surface area contributed by atoms with E-state index in [1.165, 1.54) is 23.5 Å². The number of rotatable bonds is 3. The molecule has 0 aliphatic carbocycles. The van der Waals surface area contributed by atoms with Crippen LogP contribution in [0.15, 0.2) is 23.1 Å². The van der Waals surface area contributed by atoms with Crippen LogP contribution in [0.5, 0.6) is 5.75 Å². The first-order valence-electron chi connectivity index (χ1n) is 6.43. The van der Waals surface area contributed by atoms with Gasteiger partial charge < -0.3 is 15.2 Å². The molecular formula is C13H20N2O4S. The van der Waals surface area contributed by atoms with Crippen LogP contribution >= 0.6 is 0 Å². The van der Waals surface area contributed by atoms with Gasteiger partial charge in [-0.25, -0.2) is 8.42 Å². The zero-order valence-electron chi connectivity index (χ0n) is 11.9. The molecule has 1 heterocycles. The zero-order chi connectivity index (χ0) is 14.9. The maximum absolute atomic E-state index is 12.6. The van der Waals surface area contributed by atoms with Gasteiger partial charge in [-0.1, -0.05) is 0 Å². The Morgan fingerprint density at radius 1 is 1.30 bits per heavy atom. The molecule has 0 saturated carbocycles. The molecule has 1 aromatic rings. The van der Waals surface area contributed by atoms with E-state index >= 15 is 0 Å². The molecule has 2 unspecified atom stereocenters. The number of ether oxygens (including phenoxy) is 2. The number of benzene rings is 1. The van der Waals surface area contributed by atoms with Crippen LogP contribution in [0.3, 0.4) is 0 Å². The number of anilines is 1. The zero-order valence-corrected chi connectivity index (χ0v) is 12.7. The molecule has 112 valence electrons. The van der Waals surface area contributed by atoms with Crippen LogP contribution in [0.4, 0.5) is 5.69 Å². The molecule has 1 aliphatic rings. The maximum atomic E-state index is 12.6. The fourth-order valence-electron chi connectivity index (χ4n) is 2.33. The van der Waals surface area contributed by atoms with Gasteiger partial charge in [0.05, 0.1) is 29.9 Å². The summed E-state index contributed by atoms with van der Waals surface area (Å²) >= 11 is 0. The Kier molecular flexibility index (Phi) is 4.22. The Balaban J connectivity index is 2.34. The molecule has 2 N–H and O–H groups in total. The molecule has 0 radical (unpaired) electrons. The third kappa shape index (κ3) is 2.89. The minimum atomic E-state index is -3.56. The van der Waals surface area contributed by atoms with Gasteiger partial charge in [-0.05, 0) is 26.0 Å². The highest BCUT2D eigenvalue weighted by Gasteiger charge is 2.32. The van der Waals surface area contributed by atoms with Crippen LogP contribution in [0.25, 0.3) is 0 Å². The average Bonchev–Trinajstić information content (AvgIpc) is 2.37. The summed E-state index contributed by atoms with van der Waals surface area (Å²) in [7, 11) is -2.10. The number of hydrogen-bond donors (Lipinski definition) is 1. The summed E-state index contributed by atoms with van der Waals surface area (Å²) in [5.41, 5.74) is 6.12. The van der Waals surface area contributed by atoms with Gasteiger partial charge in [0.15, 0.2) is 0 Å². The second-order valence-corrected chi connectivity index (χ2v) is 6.92. The monoisotopic (exact) mass is 300 g/mol. The summed E-state index contributed by atoms with van der Waals surface area (Å²) in [5.74, 6) is 0.362. The SMILES string of the molecule is COc1cc(S(=O)(=O)N2CC(C)OC(C)C2)ccc1N. The molecule has 1 aromatic carbocycles. The number of methoxy groups -OCH3 is 1. The first kappa shape index (κ1) is 15.1. The Hall–Kier alpha value is -1.31. The lowest BCUT2D eigenvalue weighted by molar-refractivity contribution is -0.0440. The molecule has 20 heavy (non-hydrogen) atoms. The summed E-state index contributed by atoms with van der Waals surface area (Å²) in [6, 6.07) is 4.49. The highest BCUT2D eigenvalue weighted by atomic mass is 32.2. The van der Waals surface area contributed by atoms with Crippen molar-refractivity contribution >= 4 is 15.7 Å². The van der Waals surface area contributed by atoms with E-state index < -0.39 is 10.0 Å². The number of sulfonamides is 1. The summed E-state index contributed by atoms with van der Waals surface area (Å²) in [4.78, 5) is 0.185. The minimum Gasteiger partial charge on any atom is -0.495 e. The van der Waals surface area contributed by atoms with Crippen molar-refractivity contribution in [3.63, 3.8) is 0 Å². The second kappa shape index (κ2) is 5.59. The molecule has 7 heteroatoms. The molecule has 1 fully saturated rings. The van der Waals surface area contributed by atoms with Crippen LogP contribution in [0, 0.1) is 0 Å². The highest BCUT2D eigenvalue weighted by molar-refractivity contribution is 7.89. The summed E-state index contributed by atoms with van der Waals surface area (Å²) in [6.45, 7) is 4.42. The van der Waals surface area contributed by atoms with Crippen LogP contribution in [0.2, 0.25) is 0 Å². The predicted octanol–water partition coefficient (Wildman–Crippen LogP) is 1.08. The van der Waals surface area contributed by atoms with Crippen molar-refractivity contribution in [3.8, 4) is 5.75 Å². The maximum Gasteiger partial charge on any atom is 0.243 e. The van der Waals surface area contributed by atoms with Gasteiger partial charge >= 0.3 is 0 Å². The average molecular weight is 300 g/mol. The van der Waals surface area contributed by atoms with Crippen LogP contribution < -0.4 is 10.5 Å². The predicted molar refractivity (Wildman–Crippen MR) is 76.2 cm³/mol. The van der Waals surface area contributed by atoms with Crippen molar-refractivity contribution in [1.29, 1.82) is 0 Å². The van der Waals surface area contributed by atoms with Crippen molar-refractivity contribution < 1.29 is 17.9 Å². The molecule has 6 nitrogen and oxygen atoms in total. The van der Waals surface area contributed by atoms with Crippen LogP contribution in [0.1, 0.15) is 13.8 Å². The smallest absolute Gasteiger partial charge is 0.243 e. The molecule has 1 saturated heterocycles. The van der Waals surface area contributed by atoms with Gasteiger partial charge in [-0.15, -0.1) is 0 Å². The Labute approximate surface area is 119 Å². The second-order valence-electron chi connectivity index (χ2n) is 4.98. The molecule has 0 bridgehead atoms. The first-order valence-corrected chi connectivity index (χ1v) is 7.87. The fraction of sp³-hybridized carbons (Fsp3) is 0.538. The van der Waals surface area contributed by atoms with Gasteiger partial charge in [0.2, 0.25) is 10.0 Å². The van der Waals surface area contributed by atoms with E-state index in [-0.39, 0.29) is 17.1 Å². The molecule has 1 aliphatic heterocycles. The van der Waals surface area contributed by atoms with Crippen molar-refractivity contribution in [3.05, 3.63) is 18.2 Å². The van der Waals surface area contributed by atoms with Gasteiger partial charge in [0.1, 0.15) is 5.75 Å². The Morgan fingerprint density at radius 3 is 2.45 bits per heavy atom. The van der Waals surface area contributed by atoms with Crippen molar-refractivity contribution in [2.75, 3.05) is 25.9 Å². The Morgan fingerprint density at radius 2 is 1.90 bits per heavy atom. The van der Waals surface area contributed by atoms with E-state index in [0.29, 0.717) is 24.5 Å². The highest BCUT2D eigenvalue weighted by Crippen LogP contribution is 2.28. The molecule has 2 rings (SSSR count). The lowest BCUT2D eigenvalue weighted by Gasteiger charge is -2.34. The molecular weight excluding hydrogens is 280 g/mol. The topological polar surface area (TPSA) is 81.9 Å². The summed E-state index contributed by atoms with van der Waals surface area (Å²) in [5, 5.41) is 0. The van der Waals surface area contributed by atoms with Gasteiger partial charge in [0.25, 0.3) is 0 Å². The van der Waals surface area contributed by atoms with E-state index in [1.807, 2.05) is 13.8 Å².